The predicted octanol–water partition coefficient (Wildman–Crippen LogP) is 5.18. The van der Waals surface area contributed by atoms with Gasteiger partial charge in [0.15, 0.2) is 0 Å². The van der Waals surface area contributed by atoms with Gasteiger partial charge in [-0.25, -0.2) is 8.78 Å². The molecule has 0 bridgehead atoms. The van der Waals surface area contributed by atoms with Crippen molar-refractivity contribution in [1.82, 2.24) is 0 Å². The van der Waals surface area contributed by atoms with Crippen LogP contribution in [0.25, 0.3) is 0 Å². The molecule has 3 atom stereocenters. The third kappa shape index (κ3) is 3.91. The molecule has 1 heterocycles. The van der Waals surface area contributed by atoms with E-state index in [-0.39, 0.29) is 29.5 Å². The summed E-state index contributed by atoms with van der Waals surface area (Å²) in [6.07, 6.45) is 0.122. The second kappa shape index (κ2) is 8.13. The van der Waals surface area contributed by atoms with Crippen LogP contribution in [-0.4, -0.2) is 11.0 Å². The van der Waals surface area contributed by atoms with Gasteiger partial charge in [0.1, 0.15) is 11.6 Å². The standard InChI is InChI=1S/C24H21F2NO2/c25-18-8-6-16(7-9-18)22(28)15-14-21-23(17-4-2-1-3-5-17)27(24(21)29)20-12-10-19(26)11-13-20/h1-13,21-23,28H,14-15H2. The molecule has 3 aromatic rings. The number of amides is 1. The van der Waals surface area contributed by atoms with Crippen LogP contribution in [0.5, 0.6) is 0 Å². The van der Waals surface area contributed by atoms with Crippen LogP contribution in [0.1, 0.15) is 36.1 Å². The number of anilines is 1. The molecule has 0 radical (unpaired) electrons. The van der Waals surface area contributed by atoms with Gasteiger partial charge >= 0.3 is 0 Å². The van der Waals surface area contributed by atoms with E-state index in [0.717, 1.165) is 5.56 Å². The molecule has 1 aliphatic rings. The molecule has 3 aromatic carbocycles. The minimum absolute atomic E-state index is 0.0447. The largest absolute Gasteiger partial charge is 0.388 e. The molecule has 5 heteroatoms. The number of rotatable bonds is 6. The zero-order valence-corrected chi connectivity index (χ0v) is 15.7. The minimum Gasteiger partial charge on any atom is -0.388 e. The van der Waals surface area contributed by atoms with Gasteiger partial charge in [-0.3, -0.25) is 4.79 Å². The Morgan fingerprint density at radius 2 is 1.45 bits per heavy atom. The lowest BCUT2D eigenvalue weighted by molar-refractivity contribution is -0.131. The normalized spacial score (nSPS) is 19.7. The summed E-state index contributed by atoms with van der Waals surface area (Å²) >= 11 is 0. The maximum Gasteiger partial charge on any atom is 0.233 e. The monoisotopic (exact) mass is 393 g/mol. The van der Waals surface area contributed by atoms with E-state index in [1.165, 1.54) is 24.3 Å². The minimum atomic E-state index is -0.764. The summed E-state index contributed by atoms with van der Waals surface area (Å²) in [5, 5.41) is 10.4. The number of β-lactam (4-membered cyclic amide) rings is 1. The van der Waals surface area contributed by atoms with Crippen molar-refractivity contribution in [3.05, 3.63) is 102 Å². The highest BCUT2D eigenvalue weighted by Crippen LogP contribution is 2.46. The first-order valence-electron chi connectivity index (χ1n) is 9.61. The predicted molar refractivity (Wildman–Crippen MR) is 107 cm³/mol. The van der Waals surface area contributed by atoms with Crippen LogP contribution in [0, 0.1) is 17.6 Å². The third-order valence-corrected chi connectivity index (χ3v) is 5.47. The first-order chi connectivity index (χ1) is 14.0. The fourth-order valence-corrected chi connectivity index (χ4v) is 3.94. The second-order valence-electron chi connectivity index (χ2n) is 7.29. The van der Waals surface area contributed by atoms with E-state index >= 15 is 0 Å². The number of benzene rings is 3. The molecular formula is C24H21F2NO2. The number of aliphatic hydroxyl groups excluding tert-OH is 1. The smallest absolute Gasteiger partial charge is 0.233 e. The maximum absolute atomic E-state index is 13.3. The number of halogens is 2. The topological polar surface area (TPSA) is 40.5 Å². The van der Waals surface area contributed by atoms with Gasteiger partial charge in [0.25, 0.3) is 0 Å². The molecule has 148 valence electrons. The molecule has 29 heavy (non-hydrogen) atoms. The molecule has 3 nitrogen and oxygen atoms in total. The molecule has 3 unspecified atom stereocenters. The Balaban J connectivity index is 1.53. The lowest BCUT2D eigenvalue weighted by atomic mass is 9.78. The second-order valence-corrected chi connectivity index (χ2v) is 7.29. The fourth-order valence-electron chi connectivity index (χ4n) is 3.94. The van der Waals surface area contributed by atoms with Crippen molar-refractivity contribution in [2.45, 2.75) is 25.0 Å². The molecule has 0 aliphatic carbocycles. The molecule has 0 saturated carbocycles. The van der Waals surface area contributed by atoms with Crippen LogP contribution in [0.3, 0.4) is 0 Å². The SMILES string of the molecule is O=C1C(CCC(O)c2ccc(F)cc2)C(c2ccccc2)N1c1ccc(F)cc1. The zero-order chi connectivity index (χ0) is 20.4. The molecular weight excluding hydrogens is 372 g/mol. The van der Waals surface area contributed by atoms with Gasteiger partial charge in [-0.15, -0.1) is 0 Å². The fraction of sp³-hybridized carbons (Fsp3) is 0.208. The third-order valence-electron chi connectivity index (χ3n) is 5.47. The summed E-state index contributed by atoms with van der Waals surface area (Å²) in [5.74, 6) is -1.03. The number of nitrogens with zero attached hydrogens (tertiary/aromatic N) is 1. The van der Waals surface area contributed by atoms with Crippen LogP contribution in [-0.2, 0) is 4.79 Å². The Hall–Kier alpha value is -3.05. The summed E-state index contributed by atoms with van der Waals surface area (Å²) < 4.78 is 26.4. The van der Waals surface area contributed by atoms with Gasteiger partial charge in [0, 0.05) is 5.69 Å². The number of aliphatic hydroxyl groups is 1. The average Bonchev–Trinajstić information content (AvgIpc) is 2.74. The number of carbonyl (C=O) groups is 1. The summed E-state index contributed by atoms with van der Waals surface area (Å²) in [6.45, 7) is 0. The highest BCUT2D eigenvalue weighted by atomic mass is 19.1. The summed E-state index contributed by atoms with van der Waals surface area (Å²) in [7, 11) is 0. The first-order valence-corrected chi connectivity index (χ1v) is 9.61. The van der Waals surface area contributed by atoms with Gasteiger partial charge < -0.3 is 10.0 Å². The van der Waals surface area contributed by atoms with Crippen molar-refractivity contribution in [2.75, 3.05) is 4.90 Å². The van der Waals surface area contributed by atoms with E-state index in [9.17, 15) is 18.7 Å². The van der Waals surface area contributed by atoms with Gasteiger partial charge in [-0.2, -0.15) is 0 Å². The number of hydrogen-bond acceptors (Lipinski definition) is 2. The Morgan fingerprint density at radius 3 is 2.07 bits per heavy atom. The van der Waals surface area contributed by atoms with E-state index in [0.29, 0.717) is 24.1 Å². The molecule has 4 rings (SSSR count). The molecule has 1 N–H and O–H groups in total. The maximum atomic E-state index is 13.3. The van der Waals surface area contributed by atoms with Crippen molar-refractivity contribution in [1.29, 1.82) is 0 Å². The number of hydrogen-bond donors (Lipinski definition) is 1. The van der Waals surface area contributed by atoms with E-state index in [1.54, 1.807) is 29.2 Å². The van der Waals surface area contributed by atoms with E-state index < -0.39 is 6.10 Å². The molecule has 0 spiro atoms. The van der Waals surface area contributed by atoms with Crippen LogP contribution >= 0.6 is 0 Å². The molecule has 1 saturated heterocycles. The molecule has 1 fully saturated rings. The Morgan fingerprint density at radius 1 is 0.862 bits per heavy atom. The summed E-state index contributed by atoms with van der Waals surface area (Å²) in [4.78, 5) is 14.6. The van der Waals surface area contributed by atoms with Gasteiger partial charge in [0.05, 0.1) is 18.1 Å². The molecule has 1 amide bonds. The number of carbonyl (C=O) groups excluding carboxylic acids is 1. The highest BCUT2D eigenvalue weighted by molar-refractivity contribution is 6.03. The highest BCUT2D eigenvalue weighted by Gasteiger charge is 2.48. The van der Waals surface area contributed by atoms with Crippen molar-refractivity contribution in [3.8, 4) is 0 Å². The van der Waals surface area contributed by atoms with Crippen molar-refractivity contribution in [3.63, 3.8) is 0 Å². The van der Waals surface area contributed by atoms with E-state index in [4.69, 9.17) is 0 Å². The van der Waals surface area contributed by atoms with Crippen LogP contribution in [0.4, 0.5) is 14.5 Å². The van der Waals surface area contributed by atoms with Crippen LogP contribution in [0.2, 0.25) is 0 Å². The first kappa shape index (κ1) is 19.3. The summed E-state index contributed by atoms with van der Waals surface area (Å²) in [5.41, 5.74) is 2.28. The van der Waals surface area contributed by atoms with Crippen LogP contribution < -0.4 is 4.90 Å². The Kier molecular flexibility index (Phi) is 5.41. The molecule has 1 aliphatic heterocycles. The van der Waals surface area contributed by atoms with E-state index in [2.05, 4.69) is 0 Å². The van der Waals surface area contributed by atoms with Gasteiger partial charge in [0.2, 0.25) is 5.91 Å². The van der Waals surface area contributed by atoms with Crippen molar-refractivity contribution in [2.24, 2.45) is 5.92 Å². The Labute approximate surface area is 168 Å². The van der Waals surface area contributed by atoms with Gasteiger partial charge in [-0.05, 0) is 60.4 Å². The van der Waals surface area contributed by atoms with E-state index in [1.807, 2.05) is 30.3 Å². The van der Waals surface area contributed by atoms with Crippen molar-refractivity contribution < 1.29 is 18.7 Å². The Bertz CT molecular complexity index is 974. The lowest BCUT2D eigenvalue weighted by Crippen LogP contribution is -2.55. The zero-order valence-electron chi connectivity index (χ0n) is 15.7. The van der Waals surface area contributed by atoms with Gasteiger partial charge in [-0.1, -0.05) is 42.5 Å². The van der Waals surface area contributed by atoms with Crippen molar-refractivity contribution >= 4 is 11.6 Å². The van der Waals surface area contributed by atoms with Crippen LogP contribution in [0.15, 0.2) is 78.9 Å². The summed E-state index contributed by atoms with van der Waals surface area (Å²) in [6, 6.07) is 21.2. The quantitative estimate of drug-likeness (QED) is 0.586. The molecule has 0 aromatic heterocycles. The lowest BCUT2D eigenvalue weighted by Gasteiger charge is -2.48. The average molecular weight is 393 g/mol.